The third kappa shape index (κ3) is 3.87. The van der Waals surface area contributed by atoms with E-state index in [1.54, 1.807) is 0 Å². The molecule has 2 atom stereocenters. The Labute approximate surface area is 151 Å². The zero-order chi connectivity index (χ0) is 17.9. The number of carbonyl (C=O) groups excluding carboxylic acids is 1. The molecule has 1 aliphatic carbocycles. The fourth-order valence-electron chi connectivity index (χ4n) is 3.60. The Kier molecular flexibility index (Phi) is 4.61. The van der Waals surface area contributed by atoms with E-state index in [1.807, 2.05) is 24.3 Å². The van der Waals surface area contributed by atoms with E-state index in [0.717, 1.165) is 36.0 Å². The van der Waals surface area contributed by atoms with Crippen LogP contribution in [0.3, 0.4) is 0 Å². The number of aryl methyl sites for hydroxylation is 1. The van der Waals surface area contributed by atoms with Gasteiger partial charge in [0.25, 0.3) is 0 Å². The third-order valence-electron chi connectivity index (χ3n) is 5.16. The van der Waals surface area contributed by atoms with Crippen LogP contribution in [0.4, 0.5) is 0 Å². The van der Waals surface area contributed by atoms with E-state index in [1.165, 1.54) is 12.0 Å². The van der Waals surface area contributed by atoms with Crippen molar-refractivity contribution in [3.8, 4) is 0 Å². The van der Waals surface area contributed by atoms with Crippen LogP contribution in [0.2, 0.25) is 0 Å². The second-order valence-electron chi connectivity index (χ2n) is 7.13. The summed E-state index contributed by atoms with van der Waals surface area (Å²) in [5.41, 5.74) is 3.95. The van der Waals surface area contributed by atoms with E-state index in [4.69, 9.17) is 0 Å². The zero-order valence-electron chi connectivity index (χ0n) is 14.6. The molecular formula is C21H23N3O2. The first-order chi connectivity index (χ1) is 12.7. The lowest BCUT2D eigenvalue weighted by atomic mass is 10.1. The van der Waals surface area contributed by atoms with Crippen molar-refractivity contribution < 1.29 is 4.79 Å². The summed E-state index contributed by atoms with van der Waals surface area (Å²) in [4.78, 5) is 28.8. The van der Waals surface area contributed by atoms with Gasteiger partial charge in [-0.15, -0.1) is 0 Å². The Morgan fingerprint density at radius 1 is 1.08 bits per heavy atom. The fourth-order valence-corrected chi connectivity index (χ4v) is 3.60. The summed E-state index contributed by atoms with van der Waals surface area (Å²) < 4.78 is 0. The Morgan fingerprint density at radius 2 is 1.88 bits per heavy atom. The molecule has 0 bridgehead atoms. The predicted octanol–water partition coefficient (Wildman–Crippen LogP) is 3.10. The Hall–Kier alpha value is -2.82. The summed E-state index contributed by atoms with van der Waals surface area (Å²) in [5, 5.41) is 3.07. The van der Waals surface area contributed by atoms with E-state index < -0.39 is 0 Å². The molecule has 0 spiro atoms. The molecule has 2 aromatic carbocycles. The first kappa shape index (κ1) is 16.6. The molecule has 1 amide bonds. The quantitative estimate of drug-likeness (QED) is 0.613. The van der Waals surface area contributed by atoms with Crippen molar-refractivity contribution in [2.24, 2.45) is 5.92 Å². The second kappa shape index (κ2) is 7.20. The fraction of sp³-hybridized carbons (Fsp3) is 0.333. The smallest absolute Gasteiger partial charge is 0.323 e. The molecule has 0 saturated heterocycles. The summed E-state index contributed by atoms with van der Waals surface area (Å²) >= 11 is 0. The van der Waals surface area contributed by atoms with Crippen molar-refractivity contribution in [3.05, 3.63) is 70.1 Å². The minimum atomic E-state index is -0.189. The highest BCUT2D eigenvalue weighted by atomic mass is 16.1. The predicted molar refractivity (Wildman–Crippen MR) is 102 cm³/mol. The first-order valence-electron chi connectivity index (χ1n) is 9.21. The number of nitrogens with one attached hydrogen (secondary N) is 3. The van der Waals surface area contributed by atoms with Gasteiger partial charge in [-0.05, 0) is 54.4 Å². The molecule has 5 nitrogen and oxygen atoms in total. The van der Waals surface area contributed by atoms with Crippen molar-refractivity contribution in [3.63, 3.8) is 0 Å². The highest BCUT2D eigenvalue weighted by molar-refractivity contribution is 5.76. The van der Waals surface area contributed by atoms with Gasteiger partial charge in [0.2, 0.25) is 5.91 Å². The SMILES string of the molecule is O=C(CCCc1ccc2[nH]c(=O)[nH]c2c1)NC[C@@H]1C[C@H]1c1ccccc1. The number of hydrogen-bond donors (Lipinski definition) is 3. The average Bonchev–Trinajstić information content (AvgIpc) is 3.33. The van der Waals surface area contributed by atoms with E-state index in [2.05, 4.69) is 39.6 Å². The Morgan fingerprint density at radius 3 is 2.73 bits per heavy atom. The van der Waals surface area contributed by atoms with Crippen molar-refractivity contribution in [2.75, 3.05) is 6.54 Å². The van der Waals surface area contributed by atoms with E-state index in [0.29, 0.717) is 18.3 Å². The molecular weight excluding hydrogens is 326 g/mol. The van der Waals surface area contributed by atoms with E-state index in [9.17, 15) is 9.59 Å². The molecule has 5 heteroatoms. The summed E-state index contributed by atoms with van der Waals surface area (Å²) in [7, 11) is 0. The normalized spacial score (nSPS) is 18.8. The molecule has 3 N–H and O–H groups in total. The standard InChI is InChI=1S/C21H23N3O2/c25-20(22-13-16-12-17(16)15-6-2-1-3-7-15)8-4-5-14-9-10-18-19(11-14)24-21(26)23-18/h1-3,6-7,9-11,16-17H,4-5,8,12-13H2,(H,22,25)(H2,23,24,26)/t16-,17-/m0/s1. The lowest BCUT2D eigenvalue weighted by molar-refractivity contribution is -0.121. The number of fused-ring (bicyclic) bond motifs is 1. The maximum atomic E-state index is 12.1. The summed E-state index contributed by atoms with van der Waals surface area (Å²) in [5.74, 6) is 1.31. The third-order valence-corrected chi connectivity index (χ3v) is 5.16. The maximum absolute atomic E-state index is 12.1. The van der Waals surface area contributed by atoms with Crippen molar-refractivity contribution in [1.29, 1.82) is 0 Å². The van der Waals surface area contributed by atoms with Crippen LogP contribution in [0, 0.1) is 5.92 Å². The van der Waals surface area contributed by atoms with Crippen molar-refractivity contribution in [1.82, 2.24) is 15.3 Å². The minimum Gasteiger partial charge on any atom is -0.356 e. The number of hydrogen-bond acceptors (Lipinski definition) is 2. The molecule has 0 radical (unpaired) electrons. The highest BCUT2D eigenvalue weighted by Gasteiger charge is 2.37. The van der Waals surface area contributed by atoms with Gasteiger partial charge in [0, 0.05) is 13.0 Å². The number of amides is 1. The number of aromatic amines is 2. The lowest BCUT2D eigenvalue weighted by Gasteiger charge is -2.06. The summed E-state index contributed by atoms with van der Waals surface area (Å²) in [6, 6.07) is 16.4. The van der Waals surface area contributed by atoms with Crippen LogP contribution in [0.1, 0.15) is 36.3 Å². The van der Waals surface area contributed by atoms with Gasteiger partial charge in [0.05, 0.1) is 11.0 Å². The number of benzene rings is 2. The molecule has 134 valence electrons. The maximum Gasteiger partial charge on any atom is 0.323 e. The minimum absolute atomic E-state index is 0.125. The molecule has 4 rings (SSSR count). The van der Waals surface area contributed by atoms with Crippen LogP contribution in [-0.4, -0.2) is 22.4 Å². The number of carbonyl (C=O) groups is 1. The van der Waals surface area contributed by atoms with E-state index >= 15 is 0 Å². The molecule has 0 unspecified atom stereocenters. The summed E-state index contributed by atoms with van der Waals surface area (Å²) in [6.45, 7) is 0.773. The van der Waals surface area contributed by atoms with Gasteiger partial charge >= 0.3 is 5.69 Å². The highest BCUT2D eigenvalue weighted by Crippen LogP contribution is 2.46. The number of H-pyrrole nitrogens is 2. The Bertz CT molecular complexity index is 958. The average molecular weight is 349 g/mol. The van der Waals surface area contributed by atoms with Crippen LogP contribution in [0.25, 0.3) is 11.0 Å². The van der Waals surface area contributed by atoms with Crippen molar-refractivity contribution >= 4 is 16.9 Å². The van der Waals surface area contributed by atoms with Gasteiger partial charge in [-0.25, -0.2) is 4.79 Å². The van der Waals surface area contributed by atoms with Gasteiger partial charge in [-0.2, -0.15) is 0 Å². The Balaban J connectivity index is 1.19. The molecule has 26 heavy (non-hydrogen) atoms. The topological polar surface area (TPSA) is 77.8 Å². The number of rotatable bonds is 7. The van der Waals surface area contributed by atoms with Crippen LogP contribution >= 0.6 is 0 Å². The van der Waals surface area contributed by atoms with E-state index in [-0.39, 0.29) is 11.6 Å². The number of aromatic nitrogens is 2. The van der Waals surface area contributed by atoms with Gasteiger partial charge in [0.15, 0.2) is 0 Å². The molecule has 0 aliphatic heterocycles. The molecule has 1 saturated carbocycles. The molecule has 1 aliphatic rings. The monoisotopic (exact) mass is 349 g/mol. The second-order valence-corrected chi connectivity index (χ2v) is 7.13. The number of imidazole rings is 1. The van der Waals surface area contributed by atoms with Crippen LogP contribution < -0.4 is 11.0 Å². The molecule has 3 aromatic rings. The zero-order valence-corrected chi connectivity index (χ0v) is 14.6. The first-order valence-corrected chi connectivity index (χ1v) is 9.21. The largest absolute Gasteiger partial charge is 0.356 e. The van der Waals surface area contributed by atoms with Gasteiger partial charge in [-0.1, -0.05) is 36.4 Å². The van der Waals surface area contributed by atoms with Gasteiger partial charge in [0.1, 0.15) is 0 Å². The van der Waals surface area contributed by atoms with Crippen molar-refractivity contribution in [2.45, 2.75) is 31.6 Å². The summed E-state index contributed by atoms with van der Waals surface area (Å²) in [6.07, 6.45) is 3.33. The molecule has 1 aromatic heterocycles. The van der Waals surface area contributed by atoms with Gasteiger partial charge < -0.3 is 15.3 Å². The van der Waals surface area contributed by atoms with Crippen LogP contribution in [0.5, 0.6) is 0 Å². The molecule has 1 fully saturated rings. The molecule has 1 heterocycles. The van der Waals surface area contributed by atoms with Gasteiger partial charge in [-0.3, -0.25) is 4.79 Å². The van der Waals surface area contributed by atoms with Crippen LogP contribution in [-0.2, 0) is 11.2 Å². The lowest BCUT2D eigenvalue weighted by Crippen LogP contribution is -2.25. The van der Waals surface area contributed by atoms with Crippen LogP contribution in [0.15, 0.2) is 53.3 Å².